The molecule has 2 rings (SSSR count). The molecule has 0 aliphatic heterocycles. The first-order valence-corrected chi connectivity index (χ1v) is 6.69. The molecule has 0 fully saturated rings. The molecule has 0 spiro atoms. The van der Waals surface area contributed by atoms with Crippen LogP contribution in [0.5, 0.6) is 0 Å². The second-order valence-electron chi connectivity index (χ2n) is 3.88. The van der Waals surface area contributed by atoms with Crippen molar-refractivity contribution in [1.82, 2.24) is 9.55 Å². The van der Waals surface area contributed by atoms with Gasteiger partial charge in [-0.1, -0.05) is 32.0 Å². The zero-order chi connectivity index (χ0) is 11.7. The van der Waals surface area contributed by atoms with Crippen molar-refractivity contribution in [2.75, 3.05) is 0 Å². The summed E-state index contributed by atoms with van der Waals surface area (Å²) in [5.74, 6) is 1.42. The van der Waals surface area contributed by atoms with Crippen LogP contribution in [0.15, 0.2) is 39.5 Å². The molecular formula is C12H12Br2N2. The second kappa shape index (κ2) is 4.72. The van der Waals surface area contributed by atoms with Gasteiger partial charge in [0.25, 0.3) is 0 Å². The maximum absolute atomic E-state index is 4.52. The Balaban J connectivity index is 2.64. The summed E-state index contributed by atoms with van der Waals surface area (Å²) in [6.07, 6.45) is 0. The number of hydrogen-bond donors (Lipinski definition) is 0. The van der Waals surface area contributed by atoms with Crippen LogP contribution < -0.4 is 0 Å². The highest BCUT2D eigenvalue weighted by atomic mass is 79.9. The predicted octanol–water partition coefficient (Wildman–Crippen LogP) is 4.52. The molecule has 2 nitrogen and oxygen atoms in total. The van der Waals surface area contributed by atoms with E-state index in [-0.39, 0.29) is 0 Å². The molecule has 1 heterocycles. The van der Waals surface area contributed by atoms with E-state index >= 15 is 0 Å². The van der Waals surface area contributed by atoms with E-state index in [1.807, 2.05) is 18.2 Å². The van der Waals surface area contributed by atoms with Crippen LogP contribution >= 0.6 is 31.9 Å². The summed E-state index contributed by atoms with van der Waals surface area (Å²) in [6.45, 7) is 4.28. The van der Waals surface area contributed by atoms with Gasteiger partial charge in [0, 0.05) is 11.6 Å². The van der Waals surface area contributed by atoms with Crippen molar-refractivity contribution >= 4 is 31.9 Å². The van der Waals surface area contributed by atoms with Gasteiger partial charge in [0.1, 0.15) is 15.0 Å². The smallest absolute Gasteiger partial charge is 0.139 e. The summed E-state index contributed by atoms with van der Waals surface area (Å²) < 4.78 is 3.93. The number of rotatable bonds is 2. The lowest BCUT2D eigenvalue weighted by atomic mass is 10.2. The molecule has 2 aromatic rings. The van der Waals surface area contributed by atoms with Crippen LogP contribution in [0.25, 0.3) is 5.69 Å². The van der Waals surface area contributed by atoms with Crippen molar-refractivity contribution in [3.63, 3.8) is 0 Å². The van der Waals surface area contributed by atoms with Crippen LogP contribution in [0, 0.1) is 0 Å². The zero-order valence-corrected chi connectivity index (χ0v) is 12.3. The maximum atomic E-state index is 4.52. The van der Waals surface area contributed by atoms with E-state index in [0.29, 0.717) is 5.92 Å². The summed E-state index contributed by atoms with van der Waals surface area (Å²) >= 11 is 7.01. The van der Waals surface area contributed by atoms with Gasteiger partial charge >= 0.3 is 0 Å². The van der Waals surface area contributed by atoms with Gasteiger partial charge in [-0.15, -0.1) is 0 Å². The molecule has 0 radical (unpaired) electrons. The average Bonchev–Trinajstić information content (AvgIpc) is 2.57. The third-order valence-electron chi connectivity index (χ3n) is 2.34. The molecule has 84 valence electrons. The molecule has 1 aromatic carbocycles. The molecular weight excluding hydrogens is 332 g/mol. The standard InChI is InChI=1S/C12H12Br2N2/c1-8(2)12-15-10(13)11(14)16(12)9-6-4-3-5-7-9/h3-8H,1-2H3. The Labute approximate surface area is 112 Å². The molecule has 0 N–H and O–H groups in total. The Morgan fingerprint density at radius 1 is 1.12 bits per heavy atom. The molecule has 1 aromatic heterocycles. The number of aromatic nitrogens is 2. The van der Waals surface area contributed by atoms with Crippen LogP contribution in [0.1, 0.15) is 25.6 Å². The Morgan fingerprint density at radius 2 is 1.75 bits per heavy atom. The number of benzene rings is 1. The van der Waals surface area contributed by atoms with Crippen LogP contribution in [0.3, 0.4) is 0 Å². The fourth-order valence-corrected chi connectivity index (χ4v) is 2.43. The first-order chi connectivity index (χ1) is 7.61. The van der Waals surface area contributed by atoms with Crippen LogP contribution in [-0.2, 0) is 0 Å². The van der Waals surface area contributed by atoms with Crippen molar-refractivity contribution < 1.29 is 0 Å². The van der Waals surface area contributed by atoms with E-state index in [4.69, 9.17) is 0 Å². The molecule has 0 bridgehead atoms. The quantitative estimate of drug-likeness (QED) is 0.783. The van der Waals surface area contributed by atoms with Gasteiger partial charge in [-0.25, -0.2) is 4.98 Å². The molecule has 0 amide bonds. The minimum Gasteiger partial charge on any atom is -0.290 e. The van der Waals surface area contributed by atoms with E-state index in [2.05, 4.69) is 67.4 Å². The summed E-state index contributed by atoms with van der Waals surface area (Å²) in [7, 11) is 0. The lowest BCUT2D eigenvalue weighted by Gasteiger charge is -2.11. The Bertz CT molecular complexity index is 489. The fraction of sp³-hybridized carbons (Fsp3) is 0.250. The van der Waals surface area contributed by atoms with Gasteiger partial charge in [0.2, 0.25) is 0 Å². The van der Waals surface area contributed by atoms with Crippen molar-refractivity contribution in [1.29, 1.82) is 0 Å². The SMILES string of the molecule is CC(C)c1nc(Br)c(Br)n1-c1ccccc1. The number of para-hydroxylation sites is 1. The van der Waals surface area contributed by atoms with Gasteiger partial charge in [0.15, 0.2) is 0 Å². The molecule has 0 aliphatic rings. The largest absolute Gasteiger partial charge is 0.290 e. The molecule has 16 heavy (non-hydrogen) atoms. The van der Waals surface area contributed by atoms with E-state index in [1.165, 1.54) is 0 Å². The van der Waals surface area contributed by atoms with Crippen molar-refractivity contribution in [3.05, 3.63) is 45.4 Å². The van der Waals surface area contributed by atoms with Crippen molar-refractivity contribution in [2.24, 2.45) is 0 Å². The number of imidazole rings is 1. The zero-order valence-electron chi connectivity index (χ0n) is 9.11. The van der Waals surface area contributed by atoms with Crippen molar-refractivity contribution in [2.45, 2.75) is 19.8 Å². The first-order valence-electron chi connectivity index (χ1n) is 5.10. The van der Waals surface area contributed by atoms with Crippen molar-refractivity contribution in [3.8, 4) is 5.69 Å². The highest BCUT2D eigenvalue weighted by molar-refractivity contribution is 9.13. The minimum absolute atomic E-state index is 0.378. The van der Waals surface area contributed by atoms with E-state index < -0.39 is 0 Å². The normalized spacial score (nSPS) is 11.1. The Kier molecular flexibility index (Phi) is 3.50. The third-order valence-corrected chi connectivity index (χ3v) is 4.15. The highest BCUT2D eigenvalue weighted by Crippen LogP contribution is 2.30. The predicted molar refractivity (Wildman–Crippen MR) is 73.1 cm³/mol. The lowest BCUT2D eigenvalue weighted by molar-refractivity contribution is 0.747. The second-order valence-corrected chi connectivity index (χ2v) is 5.38. The number of nitrogens with zero attached hydrogens (tertiary/aromatic N) is 2. The van der Waals surface area contributed by atoms with Gasteiger partial charge < -0.3 is 0 Å². The number of halogens is 2. The van der Waals surface area contributed by atoms with Gasteiger partial charge in [-0.05, 0) is 44.0 Å². The monoisotopic (exact) mass is 342 g/mol. The Morgan fingerprint density at radius 3 is 2.31 bits per heavy atom. The maximum Gasteiger partial charge on any atom is 0.139 e. The summed E-state index contributed by atoms with van der Waals surface area (Å²) in [4.78, 5) is 4.52. The topological polar surface area (TPSA) is 17.8 Å². The average molecular weight is 344 g/mol. The molecule has 0 saturated carbocycles. The molecule has 0 aliphatic carbocycles. The molecule has 0 atom stereocenters. The lowest BCUT2D eigenvalue weighted by Crippen LogP contribution is -2.03. The minimum atomic E-state index is 0.378. The van der Waals surface area contributed by atoms with E-state index in [9.17, 15) is 0 Å². The summed E-state index contributed by atoms with van der Waals surface area (Å²) in [5, 5.41) is 0. The fourth-order valence-electron chi connectivity index (χ4n) is 1.60. The van der Waals surface area contributed by atoms with E-state index in [1.54, 1.807) is 0 Å². The summed E-state index contributed by atoms with van der Waals surface area (Å²) in [5.41, 5.74) is 1.12. The molecule has 0 unspecified atom stereocenters. The third kappa shape index (κ3) is 2.09. The van der Waals surface area contributed by atoms with Gasteiger partial charge in [0.05, 0.1) is 0 Å². The summed E-state index contributed by atoms with van der Waals surface area (Å²) in [6, 6.07) is 10.2. The van der Waals surface area contributed by atoms with Crippen LogP contribution in [0.4, 0.5) is 0 Å². The molecule has 0 saturated heterocycles. The first kappa shape index (κ1) is 11.9. The molecule has 4 heteroatoms. The number of hydrogen-bond acceptors (Lipinski definition) is 1. The van der Waals surface area contributed by atoms with Gasteiger partial charge in [-0.2, -0.15) is 0 Å². The van der Waals surface area contributed by atoms with Crippen LogP contribution in [0.2, 0.25) is 0 Å². The van der Waals surface area contributed by atoms with Gasteiger partial charge in [-0.3, -0.25) is 4.57 Å². The highest BCUT2D eigenvalue weighted by Gasteiger charge is 2.16. The van der Waals surface area contributed by atoms with E-state index in [0.717, 1.165) is 20.7 Å². The van der Waals surface area contributed by atoms with Crippen LogP contribution in [-0.4, -0.2) is 9.55 Å². The Hall–Kier alpha value is -0.610.